The molecule has 154 valence electrons. The minimum atomic E-state index is -0.346. The molecule has 1 unspecified atom stereocenters. The Kier molecular flexibility index (Phi) is 4.83. The minimum Gasteiger partial charge on any atom is -0.341 e. The van der Waals surface area contributed by atoms with Crippen molar-refractivity contribution in [2.45, 2.75) is 63.7 Å². The summed E-state index contributed by atoms with van der Waals surface area (Å²) in [5.41, 5.74) is 1.48. The molecule has 0 saturated carbocycles. The smallest absolute Gasteiger partial charge is 0.254 e. The van der Waals surface area contributed by atoms with Crippen molar-refractivity contribution in [3.63, 3.8) is 0 Å². The Bertz CT molecular complexity index is 1010. The van der Waals surface area contributed by atoms with E-state index in [1.54, 1.807) is 18.2 Å². The predicted octanol–water partition coefficient (Wildman–Crippen LogP) is 3.26. The number of nitrogens with one attached hydrogen (secondary N) is 1. The van der Waals surface area contributed by atoms with E-state index in [0.717, 1.165) is 30.5 Å². The fraction of sp³-hybridized carbons (Fsp3) is 0.522. The second-order valence-corrected chi connectivity index (χ2v) is 9.46. The van der Waals surface area contributed by atoms with Gasteiger partial charge in [0.15, 0.2) is 0 Å². The Morgan fingerprint density at radius 2 is 2.03 bits per heavy atom. The first-order chi connectivity index (χ1) is 13.7. The molecule has 2 aromatic rings. The molecule has 1 saturated heterocycles. The van der Waals surface area contributed by atoms with Gasteiger partial charge in [-0.25, -0.2) is 9.37 Å². The number of benzene rings is 1. The van der Waals surface area contributed by atoms with Crippen molar-refractivity contribution in [1.82, 2.24) is 14.9 Å². The van der Waals surface area contributed by atoms with Crippen LogP contribution in [0.2, 0.25) is 0 Å². The second kappa shape index (κ2) is 7.08. The van der Waals surface area contributed by atoms with Gasteiger partial charge in [0.25, 0.3) is 5.56 Å². The van der Waals surface area contributed by atoms with E-state index in [1.165, 1.54) is 6.07 Å². The number of likely N-dealkylation sites (tertiary alicyclic amines) is 1. The number of H-pyrrole nitrogens is 1. The van der Waals surface area contributed by atoms with Crippen molar-refractivity contribution < 1.29 is 9.18 Å². The van der Waals surface area contributed by atoms with E-state index in [9.17, 15) is 14.0 Å². The van der Waals surface area contributed by atoms with Gasteiger partial charge in [-0.1, -0.05) is 39.0 Å². The molecule has 1 spiro atoms. The van der Waals surface area contributed by atoms with Crippen LogP contribution in [0.15, 0.2) is 29.1 Å². The highest BCUT2D eigenvalue weighted by Gasteiger charge is 2.46. The summed E-state index contributed by atoms with van der Waals surface area (Å²) in [7, 11) is 0. The lowest BCUT2D eigenvalue weighted by Gasteiger charge is -2.41. The van der Waals surface area contributed by atoms with E-state index >= 15 is 0 Å². The minimum absolute atomic E-state index is 0.0494. The average Bonchev–Trinajstić information content (AvgIpc) is 3.01. The molecule has 1 aromatic carbocycles. The summed E-state index contributed by atoms with van der Waals surface area (Å²) < 4.78 is 14.0. The van der Waals surface area contributed by atoms with Gasteiger partial charge < -0.3 is 9.88 Å². The van der Waals surface area contributed by atoms with Crippen LogP contribution in [-0.4, -0.2) is 33.9 Å². The third-order valence-corrected chi connectivity index (χ3v) is 6.31. The van der Waals surface area contributed by atoms with Crippen LogP contribution in [0.5, 0.6) is 0 Å². The van der Waals surface area contributed by atoms with E-state index in [0.29, 0.717) is 30.9 Å². The van der Waals surface area contributed by atoms with Crippen molar-refractivity contribution in [1.29, 1.82) is 0 Å². The maximum absolute atomic E-state index is 14.0. The monoisotopic (exact) mass is 397 g/mol. The molecule has 6 heteroatoms. The standard InChI is InChI=1S/C23H28FN3O2/c1-22(2,3)21-25-19-16(20(29)26-21)9-11-23(19)10-6-12-27(14-23)18(28)13-15-7-4-5-8-17(15)24/h4-5,7-8H,6,9-14H2,1-3H3,(H,25,26,29). The molecular formula is C23H28FN3O2. The lowest BCUT2D eigenvalue weighted by Crippen LogP contribution is -2.48. The van der Waals surface area contributed by atoms with Crippen molar-refractivity contribution in [2.75, 3.05) is 13.1 Å². The first-order valence-electron chi connectivity index (χ1n) is 10.3. The largest absolute Gasteiger partial charge is 0.341 e. The Balaban J connectivity index is 1.63. The maximum Gasteiger partial charge on any atom is 0.254 e. The van der Waals surface area contributed by atoms with Gasteiger partial charge in [-0.15, -0.1) is 0 Å². The number of rotatable bonds is 2. The van der Waals surface area contributed by atoms with Crippen LogP contribution in [0, 0.1) is 5.82 Å². The van der Waals surface area contributed by atoms with Gasteiger partial charge in [-0.3, -0.25) is 9.59 Å². The Morgan fingerprint density at radius 3 is 2.76 bits per heavy atom. The van der Waals surface area contributed by atoms with Gasteiger partial charge in [-0.05, 0) is 37.3 Å². The van der Waals surface area contributed by atoms with Crippen LogP contribution in [0.3, 0.4) is 0 Å². The number of carbonyl (C=O) groups is 1. The predicted molar refractivity (Wildman–Crippen MR) is 109 cm³/mol. The zero-order chi connectivity index (χ0) is 20.8. The summed E-state index contributed by atoms with van der Waals surface area (Å²) in [4.78, 5) is 35.3. The average molecular weight is 397 g/mol. The molecular weight excluding hydrogens is 369 g/mol. The molecule has 1 fully saturated rings. The summed E-state index contributed by atoms with van der Waals surface area (Å²) in [6.07, 6.45) is 3.36. The van der Waals surface area contributed by atoms with Crippen LogP contribution in [-0.2, 0) is 28.5 Å². The molecule has 1 aliphatic heterocycles. The van der Waals surface area contributed by atoms with E-state index in [-0.39, 0.29) is 34.5 Å². The number of hydrogen-bond donors (Lipinski definition) is 1. The lowest BCUT2D eigenvalue weighted by atomic mass is 9.77. The lowest BCUT2D eigenvalue weighted by molar-refractivity contribution is -0.132. The quantitative estimate of drug-likeness (QED) is 0.846. The summed E-state index contributed by atoms with van der Waals surface area (Å²) in [5.74, 6) is 0.280. The van der Waals surface area contributed by atoms with Gasteiger partial charge >= 0.3 is 0 Å². The number of nitrogens with zero attached hydrogens (tertiary/aromatic N) is 2. The highest BCUT2D eigenvalue weighted by atomic mass is 19.1. The van der Waals surface area contributed by atoms with Crippen LogP contribution in [0.25, 0.3) is 0 Å². The van der Waals surface area contributed by atoms with Crippen molar-refractivity contribution in [3.05, 3.63) is 63.1 Å². The molecule has 1 atom stereocenters. The number of aromatic amines is 1. The van der Waals surface area contributed by atoms with Gasteiger partial charge in [0.2, 0.25) is 5.91 Å². The highest BCUT2D eigenvalue weighted by Crippen LogP contribution is 2.43. The van der Waals surface area contributed by atoms with Crippen molar-refractivity contribution in [2.24, 2.45) is 0 Å². The van der Waals surface area contributed by atoms with Gasteiger partial charge in [0.1, 0.15) is 11.6 Å². The summed E-state index contributed by atoms with van der Waals surface area (Å²) in [6.45, 7) is 7.31. The Hall–Kier alpha value is -2.50. The maximum atomic E-state index is 14.0. The summed E-state index contributed by atoms with van der Waals surface area (Å²) in [5, 5.41) is 0. The zero-order valence-electron chi connectivity index (χ0n) is 17.3. The van der Waals surface area contributed by atoms with E-state index in [1.807, 2.05) is 25.7 Å². The van der Waals surface area contributed by atoms with Crippen molar-refractivity contribution in [3.8, 4) is 0 Å². The number of piperidine rings is 1. The molecule has 4 rings (SSSR count). The number of fused-ring (bicyclic) bond motifs is 2. The fourth-order valence-electron chi connectivity index (χ4n) is 4.66. The molecule has 1 amide bonds. The van der Waals surface area contributed by atoms with Crippen LogP contribution in [0.1, 0.15) is 62.7 Å². The van der Waals surface area contributed by atoms with E-state index < -0.39 is 0 Å². The SMILES string of the molecule is CC(C)(C)c1nc2c(c(=O)[nH]1)CCC21CCCN(C(=O)Cc2ccccc2F)C1. The molecule has 0 radical (unpaired) electrons. The van der Waals surface area contributed by atoms with E-state index in [4.69, 9.17) is 4.98 Å². The molecule has 2 heterocycles. The molecule has 5 nitrogen and oxygen atoms in total. The molecule has 1 aliphatic carbocycles. The summed E-state index contributed by atoms with van der Waals surface area (Å²) >= 11 is 0. The first kappa shape index (κ1) is 19.8. The molecule has 29 heavy (non-hydrogen) atoms. The molecule has 0 bridgehead atoms. The number of amides is 1. The molecule has 2 aliphatic rings. The van der Waals surface area contributed by atoms with Gasteiger partial charge in [-0.2, -0.15) is 0 Å². The van der Waals surface area contributed by atoms with Crippen LogP contribution < -0.4 is 5.56 Å². The fourth-order valence-corrected chi connectivity index (χ4v) is 4.66. The van der Waals surface area contributed by atoms with Crippen molar-refractivity contribution >= 4 is 5.91 Å². The Labute approximate surface area is 170 Å². The Morgan fingerprint density at radius 1 is 1.28 bits per heavy atom. The molecule has 1 aromatic heterocycles. The third kappa shape index (κ3) is 3.61. The number of hydrogen-bond acceptors (Lipinski definition) is 3. The van der Waals surface area contributed by atoms with E-state index in [2.05, 4.69) is 4.98 Å². The van der Waals surface area contributed by atoms with Crippen LogP contribution >= 0.6 is 0 Å². The topological polar surface area (TPSA) is 66.1 Å². The van der Waals surface area contributed by atoms with Crippen LogP contribution in [0.4, 0.5) is 4.39 Å². The highest BCUT2D eigenvalue weighted by molar-refractivity contribution is 5.79. The van der Waals surface area contributed by atoms with Gasteiger partial charge in [0.05, 0.1) is 12.1 Å². The number of carbonyl (C=O) groups excluding carboxylic acids is 1. The normalized spacial score (nSPS) is 21.4. The number of halogens is 1. The first-order valence-corrected chi connectivity index (χ1v) is 10.3. The second-order valence-electron chi connectivity index (χ2n) is 9.46. The van der Waals surface area contributed by atoms with Gasteiger partial charge in [0, 0.05) is 29.5 Å². The number of aromatic nitrogens is 2. The zero-order valence-corrected chi connectivity index (χ0v) is 17.3. The summed E-state index contributed by atoms with van der Waals surface area (Å²) in [6, 6.07) is 6.43. The third-order valence-electron chi connectivity index (χ3n) is 6.31. The molecule has 1 N–H and O–H groups in total.